The van der Waals surface area contributed by atoms with Gasteiger partial charge in [0.15, 0.2) is 0 Å². The first-order chi connectivity index (χ1) is 7.45. The van der Waals surface area contributed by atoms with Crippen LogP contribution in [0.4, 0.5) is 0 Å². The van der Waals surface area contributed by atoms with E-state index < -0.39 is 0 Å². The molecular weight excluding hydrogens is 202 g/mol. The van der Waals surface area contributed by atoms with Crippen molar-refractivity contribution >= 4 is 5.84 Å². The normalized spacial score (nSPS) is 28.2. The average Bonchev–Trinajstić information content (AvgIpc) is 2.85. The molecule has 0 aromatic rings. The van der Waals surface area contributed by atoms with E-state index in [0.717, 1.165) is 13.0 Å². The molecule has 0 bridgehead atoms. The van der Waals surface area contributed by atoms with E-state index in [1.807, 2.05) is 0 Å². The Morgan fingerprint density at radius 3 is 2.50 bits per heavy atom. The predicted molar refractivity (Wildman–Crippen MR) is 64.5 cm³/mol. The highest BCUT2D eigenvalue weighted by Gasteiger charge is 2.46. The summed E-state index contributed by atoms with van der Waals surface area (Å²) in [7, 11) is 0. The molecule has 2 rings (SSSR count). The van der Waals surface area contributed by atoms with Crippen molar-refractivity contribution in [3.8, 4) is 0 Å². The zero-order chi connectivity index (χ0) is 11.8. The van der Waals surface area contributed by atoms with Gasteiger partial charge in [0, 0.05) is 19.5 Å². The standard InChI is InChI=1S/C12H23N3O/c1-11(2)5-6-15(8-11)9-12(3-4-12)7-10(13)14-16/h16H,3-9H2,1-2H3,(H2,13,14). The summed E-state index contributed by atoms with van der Waals surface area (Å²) < 4.78 is 0. The smallest absolute Gasteiger partial charge is 0.139 e. The Hall–Kier alpha value is -0.770. The van der Waals surface area contributed by atoms with Gasteiger partial charge in [0.25, 0.3) is 0 Å². The monoisotopic (exact) mass is 225 g/mol. The van der Waals surface area contributed by atoms with Crippen LogP contribution in [0, 0.1) is 10.8 Å². The maximum absolute atomic E-state index is 8.62. The van der Waals surface area contributed by atoms with E-state index >= 15 is 0 Å². The second-order valence-electron chi connectivity index (χ2n) is 6.39. The molecule has 2 fully saturated rings. The molecule has 0 radical (unpaired) electrons. The highest BCUT2D eigenvalue weighted by atomic mass is 16.4. The van der Waals surface area contributed by atoms with E-state index in [9.17, 15) is 0 Å². The molecule has 1 saturated carbocycles. The lowest BCUT2D eigenvalue weighted by atomic mass is 9.93. The third-order valence-corrected chi connectivity index (χ3v) is 3.96. The van der Waals surface area contributed by atoms with E-state index in [2.05, 4.69) is 23.9 Å². The first-order valence-electron chi connectivity index (χ1n) is 6.14. The molecule has 1 heterocycles. The molecule has 0 unspecified atom stereocenters. The molecule has 16 heavy (non-hydrogen) atoms. The van der Waals surface area contributed by atoms with Gasteiger partial charge in [0.1, 0.15) is 5.84 Å². The van der Waals surface area contributed by atoms with Crippen LogP contribution in [-0.2, 0) is 0 Å². The number of hydrogen-bond donors (Lipinski definition) is 2. The van der Waals surface area contributed by atoms with Crippen LogP contribution >= 0.6 is 0 Å². The van der Waals surface area contributed by atoms with Gasteiger partial charge in [0.05, 0.1) is 0 Å². The van der Waals surface area contributed by atoms with Crippen molar-refractivity contribution in [2.24, 2.45) is 21.7 Å². The molecule has 92 valence electrons. The fourth-order valence-corrected chi connectivity index (χ4v) is 2.82. The van der Waals surface area contributed by atoms with Gasteiger partial charge in [-0.2, -0.15) is 0 Å². The molecule has 0 amide bonds. The summed E-state index contributed by atoms with van der Waals surface area (Å²) in [5.74, 6) is 0.385. The van der Waals surface area contributed by atoms with Crippen molar-refractivity contribution in [2.45, 2.75) is 39.5 Å². The summed E-state index contributed by atoms with van der Waals surface area (Å²) in [5, 5.41) is 11.7. The minimum atomic E-state index is 0.316. The molecule has 2 aliphatic rings. The molecule has 0 spiro atoms. The zero-order valence-electron chi connectivity index (χ0n) is 10.4. The van der Waals surface area contributed by atoms with Gasteiger partial charge in [0.2, 0.25) is 0 Å². The van der Waals surface area contributed by atoms with Crippen LogP contribution in [0.1, 0.15) is 39.5 Å². The quantitative estimate of drug-likeness (QED) is 0.331. The van der Waals surface area contributed by atoms with Crippen molar-refractivity contribution in [3.63, 3.8) is 0 Å². The van der Waals surface area contributed by atoms with Crippen molar-refractivity contribution in [2.75, 3.05) is 19.6 Å². The number of rotatable bonds is 4. The van der Waals surface area contributed by atoms with E-state index in [1.165, 1.54) is 32.4 Å². The van der Waals surface area contributed by atoms with Crippen molar-refractivity contribution in [1.82, 2.24) is 4.90 Å². The molecule has 0 aromatic heterocycles. The number of nitrogens with two attached hydrogens (primary N) is 1. The fourth-order valence-electron chi connectivity index (χ4n) is 2.82. The minimum absolute atomic E-state index is 0.316. The molecule has 3 N–H and O–H groups in total. The average molecular weight is 225 g/mol. The van der Waals surface area contributed by atoms with E-state index in [0.29, 0.717) is 16.7 Å². The Balaban J connectivity index is 1.86. The minimum Gasteiger partial charge on any atom is -0.409 e. The van der Waals surface area contributed by atoms with Crippen molar-refractivity contribution in [3.05, 3.63) is 0 Å². The van der Waals surface area contributed by atoms with E-state index in [1.54, 1.807) is 0 Å². The highest BCUT2D eigenvalue weighted by molar-refractivity contribution is 5.80. The third kappa shape index (κ3) is 2.67. The lowest BCUT2D eigenvalue weighted by Gasteiger charge is -2.24. The Kier molecular flexibility index (Phi) is 2.86. The Morgan fingerprint density at radius 1 is 1.38 bits per heavy atom. The van der Waals surface area contributed by atoms with Gasteiger partial charge in [-0.05, 0) is 36.6 Å². The van der Waals surface area contributed by atoms with Crippen LogP contribution in [0.5, 0.6) is 0 Å². The number of nitrogens with zero attached hydrogens (tertiary/aromatic N) is 2. The van der Waals surface area contributed by atoms with Crippen molar-refractivity contribution < 1.29 is 5.21 Å². The van der Waals surface area contributed by atoms with E-state index in [4.69, 9.17) is 10.9 Å². The van der Waals surface area contributed by atoms with Crippen LogP contribution in [0.15, 0.2) is 5.16 Å². The van der Waals surface area contributed by atoms with Gasteiger partial charge in [-0.25, -0.2) is 0 Å². The number of likely N-dealkylation sites (tertiary alicyclic amines) is 1. The maximum Gasteiger partial charge on any atom is 0.139 e. The summed E-state index contributed by atoms with van der Waals surface area (Å²) in [4.78, 5) is 2.54. The Labute approximate surface area is 97.5 Å². The molecule has 4 heteroatoms. The lowest BCUT2D eigenvalue weighted by molar-refractivity contribution is 0.239. The number of amidine groups is 1. The van der Waals surface area contributed by atoms with Crippen LogP contribution in [-0.4, -0.2) is 35.6 Å². The largest absolute Gasteiger partial charge is 0.409 e. The summed E-state index contributed by atoms with van der Waals surface area (Å²) in [6.07, 6.45) is 4.48. The first-order valence-corrected chi connectivity index (χ1v) is 6.14. The van der Waals surface area contributed by atoms with Crippen LogP contribution in [0.3, 0.4) is 0 Å². The second-order valence-corrected chi connectivity index (χ2v) is 6.39. The summed E-state index contributed by atoms with van der Waals surface area (Å²) in [6, 6.07) is 0. The zero-order valence-corrected chi connectivity index (χ0v) is 10.4. The van der Waals surface area contributed by atoms with Gasteiger partial charge in [-0.3, -0.25) is 0 Å². The van der Waals surface area contributed by atoms with E-state index in [-0.39, 0.29) is 0 Å². The topological polar surface area (TPSA) is 61.8 Å². The van der Waals surface area contributed by atoms with Gasteiger partial charge in [-0.1, -0.05) is 19.0 Å². The third-order valence-electron chi connectivity index (χ3n) is 3.96. The Morgan fingerprint density at radius 2 is 2.06 bits per heavy atom. The van der Waals surface area contributed by atoms with Gasteiger partial charge < -0.3 is 15.8 Å². The first kappa shape index (κ1) is 11.7. The van der Waals surface area contributed by atoms with Crippen molar-refractivity contribution in [1.29, 1.82) is 0 Å². The van der Waals surface area contributed by atoms with Crippen LogP contribution < -0.4 is 5.73 Å². The molecular formula is C12H23N3O. The SMILES string of the molecule is CC1(C)CCN(CC2(CC(N)=NO)CC2)C1. The molecule has 0 aromatic carbocycles. The van der Waals surface area contributed by atoms with Gasteiger partial charge in [-0.15, -0.1) is 0 Å². The second kappa shape index (κ2) is 3.91. The van der Waals surface area contributed by atoms with Crippen LogP contribution in [0.25, 0.3) is 0 Å². The molecule has 1 saturated heterocycles. The molecule has 1 aliphatic carbocycles. The number of oxime groups is 1. The highest BCUT2D eigenvalue weighted by Crippen LogP contribution is 2.50. The lowest BCUT2D eigenvalue weighted by Crippen LogP contribution is -2.32. The maximum atomic E-state index is 8.62. The molecule has 1 aliphatic heterocycles. The van der Waals surface area contributed by atoms with Gasteiger partial charge >= 0.3 is 0 Å². The Bertz CT molecular complexity index is 295. The summed E-state index contributed by atoms with van der Waals surface area (Å²) in [6.45, 7) is 8.16. The molecule has 0 atom stereocenters. The predicted octanol–water partition coefficient (Wildman–Crippen LogP) is 1.64. The molecule has 4 nitrogen and oxygen atoms in total. The van der Waals surface area contributed by atoms with Crippen LogP contribution in [0.2, 0.25) is 0 Å². The fraction of sp³-hybridized carbons (Fsp3) is 0.917. The number of hydrogen-bond acceptors (Lipinski definition) is 3. The summed E-state index contributed by atoms with van der Waals surface area (Å²) >= 11 is 0. The summed E-state index contributed by atoms with van der Waals surface area (Å²) in [5.41, 5.74) is 6.39.